The molecule has 1 unspecified atom stereocenters. The van der Waals surface area contributed by atoms with Gasteiger partial charge in [0.05, 0.1) is 0 Å². The SMILES string of the molecule is CCCCCC1CCC(C(C=O)(CC)C2CCCCC2)CC1. The van der Waals surface area contributed by atoms with Crippen molar-refractivity contribution in [2.75, 3.05) is 0 Å². The van der Waals surface area contributed by atoms with Gasteiger partial charge in [0, 0.05) is 5.41 Å². The van der Waals surface area contributed by atoms with Gasteiger partial charge < -0.3 is 4.79 Å². The molecule has 0 aromatic heterocycles. The van der Waals surface area contributed by atoms with Crippen LogP contribution in [0.1, 0.15) is 104 Å². The Kier molecular flexibility index (Phi) is 7.44. The lowest BCUT2D eigenvalue weighted by Gasteiger charge is -2.46. The number of unbranched alkanes of at least 4 members (excludes halogenated alkanes) is 2. The van der Waals surface area contributed by atoms with E-state index in [0.717, 1.165) is 12.3 Å². The van der Waals surface area contributed by atoms with Crippen LogP contribution in [0, 0.1) is 23.2 Å². The van der Waals surface area contributed by atoms with Crippen molar-refractivity contribution in [3.63, 3.8) is 0 Å². The molecule has 1 atom stereocenters. The molecule has 2 saturated carbocycles. The fourth-order valence-corrected chi connectivity index (χ4v) is 5.50. The topological polar surface area (TPSA) is 17.1 Å². The molecule has 0 bridgehead atoms. The van der Waals surface area contributed by atoms with Crippen LogP contribution in [0.4, 0.5) is 0 Å². The molecule has 0 saturated heterocycles. The first-order valence-corrected chi connectivity index (χ1v) is 10.2. The highest BCUT2D eigenvalue weighted by atomic mass is 16.1. The summed E-state index contributed by atoms with van der Waals surface area (Å²) in [6.07, 6.45) is 20.2. The molecule has 0 amide bonds. The van der Waals surface area contributed by atoms with E-state index >= 15 is 0 Å². The highest BCUT2D eigenvalue weighted by Crippen LogP contribution is 2.50. The van der Waals surface area contributed by atoms with Gasteiger partial charge in [0.2, 0.25) is 0 Å². The Hall–Kier alpha value is -0.330. The Bertz CT molecular complexity index is 310. The van der Waals surface area contributed by atoms with Crippen molar-refractivity contribution in [2.24, 2.45) is 23.2 Å². The lowest BCUT2D eigenvalue weighted by molar-refractivity contribution is -0.126. The largest absolute Gasteiger partial charge is 0.303 e. The standard InChI is InChI=1S/C21H38O/c1-3-5-7-10-18-13-15-20(16-14-18)21(4-2,17-22)19-11-8-6-9-12-19/h17-20H,3-16H2,1-2H3. The van der Waals surface area contributed by atoms with E-state index in [1.165, 1.54) is 89.8 Å². The van der Waals surface area contributed by atoms with Gasteiger partial charge in [-0.15, -0.1) is 0 Å². The maximum Gasteiger partial charge on any atom is 0.126 e. The minimum Gasteiger partial charge on any atom is -0.303 e. The van der Waals surface area contributed by atoms with E-state index in [1.54, 1.807) is 0 Å². The fourth-order valence-electron chi connectivity index (χ4n) is 5.50. The Morgan fingerprint density at radius 3 is 2.05 bits per heavy atom. The van der Waals surface area contributed by atoms with E-state index in [9.17, 15) is 4.79 Å². The van der Waals surface area contributed by atoms with Gasteiger partial charge in [-0.05, 0) is 49.9 Å². The average Bonchev–Trinajstić information content (AvgIpc) is 2.59. The summed E-state index contributed by atoms with van der Waals surface area (Å²) in [5.74, 6) is 2.32. The van der Waals surface area contributed by atoms with Crippen LogP contribution < -0.4 is 0 Å². The van der Waals surface area contributed by atoms with Gasteiger partial charge in [-0.3, -0.25) is 0 Å². The summed E-state index contributed by atoms with van der Waals surface area (Å²) in [5, 5.41) is 0. The molecule has 1 heteroatoms. The molecule has 2 fully saturated rings. The minimum absolute atomic E-state index is 0.0226. The molecule has 0 heterocycles. The van der Waals surface area contributed by atoms with Crippen molar-refractivity contribution >= 4 is 6.29 Å². The van der Waals surface area contributed by atoms with E-state index in [1.807, 2.05) is 0 Å². The number of rotatable bonds is 8. The summed E-state index contributed by atoms with van der Waals surface area (Å²) in [6.45, 7) is 4.57. The molecule has 1 nitrogen and oxygen atoms in total. The van der Waals surface area contributed by atoms with Crippen LogP contribution in [0.25, 0.3) is 0 Å². The van der Waals surface area contributed by atoms with E-state index in [0.29, 0.717) is 11.8 Å². The zero-order chi connectivity index (χ0) is 15.8. The van der Waals surface area contributed by atoms with E-state index in [4.69, 9.17) is 0 Å². The molecule has 0 aromatic rings. The Morgan fingerprint density at radius 2 is 1.50 bits per heavy atom. The van der Waals surface area contributed by atoms with Crippen molar-refractivity contribution < 1.29 is 4.79 Å². The smallest absolute Gasteiger partial charge is 0.126 e. The molecule has 2 aliphatic carbocycles. The van der Waals surface area contributed by atoms with Crippen molar-refractivity contribution in [3.05, 3.63) is 0 Å². The molecule has 128 valence electrons. The van der Waals surface area contributed by atoms with Gasteiger partial charge in [0.15, 0.2) is 0 Å². The second kappa shape index (κ2) is 9.08. The maximum atomic E-state index is 12.1. The molecule has 0 N–H and O–H groups in total. The first-order valence-electron chi connectivity index (χ1n) is 10.2. The minimum atomic E-state index is 0.0226. The van der Waals surface area contributed by atoms with E-state index < -0.39 is 0 Å². The molecular weight excluding hydrogens is 268 g/mol. The van der Waals surface area contributed by atoms with Crippen LogP contribution in [-0.4, -0.2) is 6.29 Å². The van der Waals surface area contributed by atoms with Crippen LogP contribution in [0.2, 0.25) is 0 Å². The number of hydrogen-bond acceptors (Lipinski definition) is 1. The second-order valence-electron chi connectivity index (χ2n) is 8.13. The number of aldehydes is 1. The van der Waals surface area contributed by atoms with Gasteiger partial charge >= 0.3 is 0 Å². The van der Waals surface area contributed by atoms with Crippen molar-refractivity contribution in [1.29, 1.82) is 0 Å². The zero-order valence-corrected chi connectivity index (χ0v) is 15.1. The monoisotopic (exact) mass is 306 g/mol. The number of carbonyl (C=O) groups excluding carboxylic acids is 1. The van der Waals surface area contributed by atoms with Crippen LogP contribution in [0.15, 0.2) is 0 Å². The molecule has 0 radical (unpaired) electrons. The highest BCUT2D eigenvalue weighted by Gasteiger charge is 2.44. The van der Waals surface area contributed by atoms with Gasteiger partial charge in [-0.25, -0.2) is 0 Å². The average molecular weight is 307 g/mol. The van der Waals surface area contributed by atoms with Crippen molar-refractivity contribution in [2.45, 2.75) is 104 Å². The molecule has 2 aliphatic rings. The zero-order valence-electron chi connectivity index (χ0n) is 15.1. The third-order valence-corrected chi connectivity index (χ3v) is 7.02. The van der Waals surface area contributed by atoms with E-state index in [-0.39, 0.29) is 5.41 Å². The Morgan fingerprint density at radius 1 is 0.864 bits per heavy atom. The molecule has 0 aliphatic heterocycles. The summed E-state index contributed by atoms with van der Waals surface area (Å²) < 4.78 is 0. The van der Waals surface area contributed by atoms with Gasteiger partial charge in [-0.1, -0.05) is 71.6 Å². The second-order valence-corrected chi connectivity index (χ2v) is 8.13. The molecular formula is C21H38O. The quantitative estimate of drug-likeness (QED) is 0.367. The van der Waals surface area contributed by atoms with Crippen LogP contribution in [0.3, 0.4) is 0 Å². The third kappa shape index (κ3) is 4.15. The van der Waals surface area contributed by atoms with Crippen LogP contribution >= 0.6 is 0 Å². The predicted molar refractivity (Wildman–Crippen MR) is 95.0 cm³/mol. The molecule has 2 rings (SSSR count). The van der Waals surface area contributed by atoms with Crippen LogP contribution in [-0.2, 0) is 4.79 Å². The lowest BCUT2D eigenvalue weighted by Crippen LogP contribution is -2.42. The van der Waals surface area contributed by atoms with Gasteiger partial charge in [0.1, 0.15) is 6.29 Å². The lowest BCUT2D eigenvalue weighted by atomic mass is 9.57. The van der Waals surface area contributed by atoms with Gasteiger partial charge in [0.25, 0.3) is 0 Å². The summed E-state index contributed by atoms with van der Waals surface area (Å²) in [6, 6.07) is 0. The fraction of sp³-hybridized carbons (Fsp3) is 0.952. The molecule has 0 aromatic carbocycles. The summed E-state index contributed by atoms with van der Waals surface area (Å²) in [5.41, 5.74) is 0.0226. The first kappa shape index (κ1) is 18.0. The molecule has 22 heavy (non-hydrogen) atoms. The third-order valence-electron chi connectivity index (χ3n) is 7.02. The van der Waals surface area contributed by atoms with E-state index in [2.05, 4.69) is 13.8 Å². The van der Waals surface area contributed by atoms with Crippen molar-refractivity contribution in [1.82, 2.24) is 0 Å². The molecule has 0 spiro atoms. The van der Waals surface area contributed by atoms with Crippen LogP contribution in [0.5, 0.6) is 0 Å². The maximum absolute atomic E-state index is 12.1. The first-order chi connectivity index (χ1) is 10.8. The van der Waals surface area contributed by atoms with Crippen molar-refractivity contribution in [3.8, 4) is 0 Å². The summed E-state index contributed by atoms with van der Waals surface area (Å²) >= 11 is 0. The Balaban J connectivity index is 1.91. The number of carbonyl (C=O) groups is 1. The normalized spacial score (nSPS) is 29.9. The summed E-state index contributed by atoms with van der Waals surface area (Å²) in [4.78, 5) is 12.1. The highest BCUT2D eigenvalue weighted by molar-refractivity contribution is 5.60. The van der Waals surface area contributed by atoms with Gasteiger partial charge in [-0.2, -0.15) is 0 Å². The number of hydrogen-bond donors (Lipinski definition) is 0. The summed E-state index contributed by atoms with van der Waals surface area (Å²) in [7, 11) is 0. The predicted octanol–water partition coefficient (Wildman–Crippen LogP) is 6.55. The Labute approximate surface area is 138 Å².